The zero-order valence-corrected chi connectivity index (χ0v) is 16.3. The third kappa shape index (κ3) is 4.50. The van der Waals surface area contributed by atoms with Gasteiger partial charge in [-0.25, -0.2) is 9.97 Å². The Morgan fingerprint density at radius 3 is 2.30 bits per heavy atom. The van der Waals surface area contributed by atoms with Gasteiger partial charge in [-0.05, 0) is 81.1 Å². The van der Waals surface area contributed by atoms with Gasteiger partial charge in [-0.1, -0.05) is 18.2 Å². The molecule has 0 unspecified atom stereocenters. The monoisotopic (exact) mass is 360 g/mol. The topological polar surface area (TPSA) is 66.9 Å². The molecule has 5 heteroatoms. The predicted octanol–water partition coefficient (Wildman–Crippen LogP) is 5.01. The van der Waals surface area contributed by atoms with E-state index in [-0.39, 0.29) is 5.91 Å². The van der Waals surface area contributed by atoms with Gasteiger partial charge < -0.3 is 10.6 Å². The molecule has 0 aliphatic rings. The van der Waals surface area contributed by atoms with E-state index in [1.165, 1.54) is 11.1 Å². The number of amides is 1. The van der Waals surface area contributed by atoms with Crippen molar-refractivity contribution in [1.29, 1.82) is 0 Å². The maximum Gasteiger partial charge on any atom is 0.274 e. The first kappa shape index (κ1) is 18.6. The summed E-state index contributed by atoms with van der Waals surface area (Å²) in [7, 11) is 0. The Balaban J connectivity index is 1.84. The Bertz CT molecular complexity index is 1010. The quantitative estimate of drug-likeness (QED) is 0.686. The highest BCUT2D eigenvalue weighted by Crippen LogP contribution is 2.20. The highest BCUT2D eigenvalue weighted by Gasteiger charge is 2.12. The fourth-order valence-corrected chi connectivity index (χ4v) is 2.75. The summed E-state index contributed by atoms with van der Waals surface area (Å²) in [6, 6.07) is 13.7. The van der Waals surface area contributed by atoms with Crippen molar-refractivity contribution >= 4 is 23.2 Å². The molecule has 1 amide bonds. The van der Waals surface area contributed by atoms with E-state index in [2.05, 4.69) is 34.4 Å². The van der Waals surface area contributed by atoms with Crippen molar-refractivity contribution < 1.29 is 4.79 Å². The second-order valence-electron chi connectivity index (χ2n) is 6.91. The molecule has 0 aliphatic heterocycles. The lowest BCUT2D eigenvalue weighted by Crippen LogP contribution is -2.16. The Hall–Kier alpha value is -3.21. The van der Waals surface area contributed by atoms with Gasteiger partial charge in [0.05, 0.1) is 0 Å². The average Bonchev–Trinajstić information content (AvgIpc) is 2.61. The number of carbonyl (C=O) groups excluding carboxylic acids is 1. The summed E-state index contributed by atoms with van der Waals surface area (Å²) in [4.78, 5) is 21.5. The Morgan fingerprint density at radius 2 is 1.56 bits per heavy atom. The molecule has 0 fully saturated rings. The van der Waals surface area contributed by atoms with Crippen LogP contribution in [0, 0.1) is 34.6 Å². The number of aromatic nitrogens is 2. The minimum Gasteiger partial charge on any atom is -0.324 e. The van der Waals surface area contributed by atoms with Crippen LogP contribution in [0.3, 0.4) is 0 Å². The molecule has 27 heavy (non-hydrogen) atoms. The molecule has 0 spiro atoms. The molecule has 0 atom stereocenters. The molecule has 0 aliphatic carbocycles. The molecular formula is C22H24N4O. The number of benzene rings is 2. The Kier molecular flexibility index (Phi) is 5.21. The molecule has 0 saturated heterocycles. The van der Waals surface area contributed by atoms with Gasteiger partial charge in [0.2, 0.25) is 5.95 Å². The average molecular weight is 360 g/mol. The molecule has 138 valence electrons. The second-order valence-corrected chi connectivity index (χ2v) is 6.91. The van der Waals surface area contributed by atoms with Crippen LogP contribution < -0.4 is 10.6 Å². The van der Waals surface area contributed by atoms with Gasteiger partial charge in [-0.2, -0.15) is 0 Å². The van der Waals surface area contributed by atoms with Crippen LogP contribution in [0.2, 0.25) is 0 Å². The first-order valence-corrected chi connectivity index (χ1v) is 8.90. The van der Waals surface area contributed by atoms with E-state index in [9.17, 15) is 4.79 Å². The van der Waals surface area contributed by atoms with Gasteiger partial charge in [0.25, 0.3) is 5.91 Å². The standard InChI is InChI=1S/C22H24N4O/c1-13-6-7-15(3)19(10-13)25-21(27)20-12-17(5)23-22(26-20)24-18-9-8-14(2)16(4)11-18/h6-12H,1-5H3,(H,25,27)(H,23,24,26). The minimum atomic E-state index is -0.252. The highest BCUT2D eigenvalue weighted by atomic mass is 16.1. The first-order valence-electron chi connectivity index (χ1n) is 8.90. The molecule has 5 nitrogen and oxygen atoms in total. The second kappa shape index (κ2) is 7.58. The molecule has 3 rings (SSSR count). The lowest BCUT2D eigenvalue weighted by Gasteiger charge is -2.11. The largest absolute Gasteiger partial charge is 0.324 e. The number of rotatable bonds is 4. The van der Waals surface area contributed by atoms with E-state index in [4.69, 9.17) is 0 Å². The first-order chi connectivity index (χ1) is 12.8. The van der Waals surface area contributed by atoms with Crippen molar-refractivity contribution in [2.24, 2.45) is 0 Å². The van der Waals surface area contributed by atoms with Crippen molar-refractivity contribution in [3.05, 3.63) is 76.1 Å². The van der Waals surface area contributed by atoms with Crippen LogP contribution >= 0.6 is 0 Å². The molecule has 0 radical (unpaired) electrons. The van der Waals surface area contributed by atoms with Crippen molar-refractivity contribution in [1.82, 2.24) is 9.97 Å². The fraction of sp³-hybridized carbons (Fsp3) is 0.227. The SMILES string of the molecule is Cc1ccc(C)c(NC(=O)c2cc(C)nc(Nc3ccc(C)c(C)c3)n2)c1. The van der Waals surface area contributed by atoms with Gasteiger partial charge in [0, 0.05) is 17.1 Å². The van der Waals surface area contributed by atoms with Crippen LogP contribution in [-0.4, -0.2) is 15.9 Å². The number of anilines is 3. The van der Waals surface area contributed by atoms with E-state index >= 15 is 0 Å². The molecule has 3 aromatic rings. The van der Waals surface area contributed by atoms with Crippen LogP contribution in [0.5, 0.6) is 0 Å². The summed E-state index contributed by atoms with van der Waals surface area (Å²) in [6.07, 6.45) is 0. The van der Waals surface area contributed by atoms with Crippen LogP contribution in [0.25, 0.3) is 0 Å². The van der Waals surface area contributed by atoms with Crippen molar-refractivity contribution in [2.75, 3.05) is 10.6 Å². The number of aryl methyl sites for hydroxylation is 5. The van der Waals surface area contributed by atoms with Crippen molar-refractivity contribution in [3.8, 4) is 0 Å². The zero-order chi connectivity index (χ0) is 19.6. The van der Waals surface area contributed by atoms with Crippen molar-refractivity contribution in [3.63, 3.8) is 0 Å². The van der Waals surface area contributed by atoms with E-state index < -0.39 is 0 Å². The summed E-state index contributed by atoms with van der Waals surface area (Å²) in [5, 5.41) is 6.14. The molecule has 0 saturated carbocycles. The zero-order valence-electron chi connectivity index (χ0n) is 16.3. The molecule has 2 N–H and O–H groups in total. The van der Waals surface area contributed by atoms with E-state index in [1.807, 2.05) is 57.2 Å². The molecule has 2 aromatic carbocycles. The highest BCUT2D eigenvalue weighted by molar-refractivity contribution is 6.03. The molecule has 1 aromatic heterocycles. The summed E-state index contributed by atoms with van der Waals surface area (Å²) < 4.78 is 0. The van der Waals surface area contributed by atoms with Crippen LogP contribution in [0.4, 0.5) is 17.3 Å². The third-order valence-electron chi connectivity index (χ3n) is 4.49. The van der Waals surface area contributed by atoms with Crippen LogP contribution in [0.15, 0.2) is 42.5 Å². The van der Waals surface area contributed by atoms with Crippen molar-refractivity contribution in [2.45, 2.75) is 34.6 Å². The number of nitrogens with one attached hydrogen (secondary N) is 2. The van der Waals surface area contributed by atoms with Crippen LogP contribution in [-0.2, 0) is 0 Å². The molecule has 0 bridgehead atoms. The summed E-state index contributed by atoms with van der Waals surface area (Å²) in [5.74, 6) is 0.154. The molecular weight excluding hydrogens is 336 g/mol. The maximum atomic E-state index is 12.7. The normalized spacial score (nSPS) is 10.6. The summed E-state index contributed by atoms with van der Waals surface area (Å²) in [5.41, 5.74) is 7.24. The van der Waals surface area contributed by atoms with Gasteiger partial charge in [-0.15, -0.1) is 0 Å². The summed E-state index contributed by atoms with van der Waals surface area (Å²) in [6.45, 7) is 9.93. The number of carbonyl (C=O) groups is 1. The summed E-state index contributed by atoms with van der Waals surface area (Å²) >= 11 is 0. The van der Waals surface area contributed by atoms with Gasteiger partial charge in [0.15, 0.2) is 0 Å². The minimum absolute atomic E-state index is 0.252. The van der Waals surface area contributed by atoms with Crippen LogP contribution in [0.1, 0.15) is 38.4 Å². The predicted molar refractivity (Wildman–Crippen MR) is 110 cm³/mol. The van der Waals surface area contributed by atoms with Gasteiger partial charge in [0.1, 0.15) is 5.69 Å². The number of hydrogen-bond donors (Lipinski definition) is 2. The number of hydrogen-bond acceptors (Lipinski definition) is 4. The van der Waals surface area contributed by atoms with Gasteiger partial charge in [-0.3, -0.25) is 4.79 Å². The fourth-order valence-electron chi connectivity index (χ4n) is 2.75. The van der Waals surface area contributed by atoms with E-state index in [0.29, 0.717) is 11.6 Å². The third-order valence-corrected chi connectivity index (χ3v) is 4.49. The lowest BCUT2D eigenvalue weighted by molar-refractivity contribution is 0.102. The maximum absolute atomic E-state index is 12.7. The van der Waals surface area contributed by atoms with E-state index in [0.717, 1.165) is 28.2 Å². The smallest absolute Gasteiger partial charge is 0.274 e. The Labute approximate surface area is 159 Å². The lowest BCUT2D eigenvalue weighted by atomic mass is 10.1. The number of nitrogens with zero attached hydrogens (tertiary/aromatic N) is 2. The van der Waals surface area contributed by atoms with Gasteiger partial charge >= 0.3 is 0 Å². The molecule has 1 heterocycles. The van der Waals surface area contributed by atoms with E-state index in [1.54, 1.807) is 6.07 Å². The Morgan fingerprint density at radius 1 is 0.815 bits per heavy atom.